The lowest BCUT2D eigenvalue weighted by molar-refractivity contribution is 0.0374. The molecule has 1 fully saturated rings. The molecule has 0 bridgehead atoms. The molecule has 180 valence electrons. The Balaban J connectivity index is 1.45. The van der Waals surface area contributed by atoms with E-state index in [1.807, 2.05) is 11.8 Å². The maximum absolute atomic E-state index is 13.0. The molecule has 0 saturated carbocycles. The molecule has 2 aliphatic rings. The summed E-state index contributed by atoms with van der Waals surface area (Å²) in [5.41, 5.74) is 2.20. The Bertz CT molecular complexity index is 902. The molecule has 1 saturated heterocycles. The van der Waals surface area contributed by atoms with Crippen LogP contribution in [0.4, 0.5) is 0 Å². The molecule has 2 aromatic rings. The molecule has 6 nitrogen and oxygen atoms in total. The Hall–Kier alpha value is -2.34. The maximum Gasteiger partial charge on any atom is 0.259 e. The van der Waals surface area contributed by atoms with Crippen molar-refractivity contribution >= 4 is 5.91 Å². The van der Waals surface area contributed by atoms with E-state index in [1.54, 1.807) is 6.20 Å². The molecule has 4 rings (SSSR count). The van der Waals surface area contributed by atoms with Gasteiger partial charge in [-0.3, -0.25) is 9.69 Å². The average molecular weight is 454 g/mol. The highest BCUT2D eigenvalue weighted by Gasteiger charge is 2.37. The van der Waals surface area contributed by atoms with E-state index < -0.39 is 0 Å². The van der Waals surface area contributed by atoms with Crippen LogP contribution in [0.3, 0.4) is 0 Å². The number of aromatic nitrogens is 1. The molecule has 0 radical (unpaired) electrons. The Morgan fingerprint density at radius 2 is 1.94 bits per heavy atom. The molecule has 0 N–H and O–H groups in total. The number of nitrogens with zero attached hydrogens (tertiary/aromatic N) is 3. The zero-order valence-electron chi connectivity index (χ0n) is 20.4. The van der Waals surface area contributed by atoms with Gasteiger partial charge in [0.2, 0.25) is 0 Å². The Kier molecular flexibility index (Phi) is 8.07. The number of carbonyl (C=O) groups excluding carboxylic acids is 1. The number of benzene rings is 1. The highest BCUT2D eigenvalue weighted by atomic mass is 16.5. The van der Waals surface area contributed by atoms with Crippen molar-refractivity contribution in [2.45, 2.75) is 65.2 Å². The molecule has 1 amide bonds. The summed E-state index contributed by atoms with van der Waals surface area (Å²) < 4.78 is 11.4. The van der Waals surface area contributed by atoms with E-state index in [9.17, 15) is 4.79 Å². The minimum Gasteiger partial charge on any atom is -0.492 e. The molecule has 1 aromatic heterocycles. The molecule has 0 unspecified atom stereocenters. The van der Waals surface area contributed by atoms with Crippen LogP contribution in [0.25, 0.3) is 0 Å². The summed E-state index contributed by atoms with van der Waals surface area (Å²) in [6.07, 6.45) is 10.8. The molecule has 1 spiro atoms. The van der Waals surface area contributed by atoms with Crippen molar-refractivity contribution in [1.82, 2.24) is 15.0 Å². The first-order chi connectivity index (χ1) is 16.1. The first-order valence-corrected chi connectivity index (χ1v) is 12.7. The van der Waals surface area contributed by atoms with Crippen LogP contribution in [0, 0.1) is 12.3 Å². The number of amides is 1. The number of piperidine rings is 1. The molecule has 33 heavy (non-hydrogen) atoms. The highest BCUT2D eigenvalue weighted by molar-refractivity contribution is 5.94. The van der Waals surface area contributed by atoms with Crippen LogP contribution >= 0.6 is 0 Å². The van der Waals surface area contributed by atoms with Gasteiger partial charge in [-0.1, -0.05) is 43.1 Å². The van der Waals surface area contributed by atoms with Gasteiger partial charge >= 0.3 is 0 Å². The van der Waals surface area contributed by atoms with Gasteiger partial charge in [-0.05, 0) is 69.0 Å². The SMILES string of the molecule is CCCCN1CCOc2ccccc2CCCCC2(CCN(C(=O)c3cnoc3C)CC2)C1. The first kappa shape index (κ1) is 23.8. The van der Waals surface area contributed by atoms with Gasteiger partial charge in [0, 0.05) is 26.2 Å². The predicted octanol–water partition coefficient (Wildman–Crippen LogP) is 5.11. The van der Waals surface area contributed by atoms with Crippen LogP contribution in [-0.4, -0.2) is 60.2 Å². The number of carbonyl (C=O) groups is 1. The van der Waals surface area contributed by atoms with Crippen molar-refractivity contribution in [1.29, 1.82) is 0 Å². The third kappa shape index (κ3) is 5.97. The fourth-order valence-electron chi connectivity index (χ4n) is 5.42. The lowest BCUT2D eigenvalue weighted by Crippen LogP contribution is -2.49. The average Bonchev–Trinajstić information content (AvgIpc) is 3.26. The largest absolute Gasteiger partial charge is 0.492 e. The van der Waals surface area contributed by atoms with Gasteiger partial charge in [0.25, 0.3) is 5.91 Å². The van der Waals surface area contributed by atoms with Gasteiger partial charge in [-0.25, -0.2) is 0 Å². The number of fused-ring (bicyclic) bond motifs is 1. The first-order valence-electron chi connectivity index (χ1n) is 12.7. The van der Waals surface area contributed by atoms with E-state index >= 15 is 0 Å². The maximum atomic E-state index is 13.0. The summed E-state index contributed by atoms with van der Waals surface area (Å²) in [6.45, 7) is 9.60. The van der Waals surface area contributed by atoms with Crippen LogP contribution in [0.1, 0.15) is 73.6 Å². The fourth-order valence-corrected chi connectivity index (χ4v) is 5.42. The Morgan fingerprint density at radius 1 is 1.12 bits per heavy atom. The number of para-hydroxylation sites is 1. The topological polar surface area (TPSA) is 58.8 Å². The molecule has 0 atom stereocenters. The van der Waals surface area contributed by atoms with Gasteiger partial charge < -0.3 is 14.2 Å². The predicted molar refractivity (Wildman–Crippen MR) is 130 cm³/mol. The van der Waals surface area contributed by atoms with E-state index in [1.165, 1.54) is 37.7 Å². The van der Waals surface area contributed by atoms with Gasteiger partial charge in [0.1, 0.15) is 23.7 Å². The van der Waals surface area contributed by atoms with E-state index in [2.05, 4.69) is 41.2 Å². The van der Waals surface area contributed by atoms with Crippen LogP contribution in [0.5, 0.6) is 5.75 Å². The third-order valence-electron chi connectivity index (χ3n) is 7.52. The van der Waals surface area contributed by atoms with Crippen molar-refractivity contribution in [3.05, 3.63) is 47.3 Å². The van der Waals surface area contributed by atoms with Crippen molar-refractivity contribution in [3.8, 4) is 5.75 Å². The highest BCUT2D eigenvalue weighted by Crippen LogP contribution is 2.39. The van der Waals surface area contributed by atoms with Crippen LogP contribution in [-0.2, 0) is 6.42 Å². The van der Waals surface area contributed by atoms with E-state index in [-0.39, 0.29) is 11.3 Å². The smallest absolute Gasteiger partial charge is 0.259 e. The molecular formula is C27H39N3O3. The number of hydrogen-bond acceptors (Lipinski definition) is 5. The molecular weight excluding hydrogens is 414 g/mol. The van der Waals surface area contributed by atoms with Gasteiger partial charge in [0.05, 0.1) is 6.20 Å². The third-order valence-corrected chi connectivity index (χ3v) is 7.52. The van der Waals surface area contributed by atoms with Crippen molar-refractivity contribution < 1.29 is 14.1 Å². The minimum absolute atomic E-state index is 0.0598. The summed E-state index contributed by atoms with van der Waals surface area (Å²) in [5.74, 6) is 1.72. The number of rotatable bonds is 4. The zero-order valence-corrected chi connectivity index (χ0v) is 20.4. The second kappa shape index (κ2) is 11.2. The van der Waals surface area contributed by atoms with E-state index in [0.29, 0.717) is 11.3 Å². The second-order valence-corrected chi connectivity index (χ2v) is 9.88. The summed E-state index contributed by atoms with van der Waals surface area (Å²) in [4.78, 5) is 17.6. The van der Waals surface area contributed by atoms with Crippen LogP contribution < -0.4 is 4.74 Å². The number of unbranched alkanes of at least 4 members (excludes halogenated alkanes) is 1. The van der Waals surface area contributed by atoms with E-state index in [4.69, 9.17) is 9.26 Å². The monoisotopic (exact) mass is 453 g/mol. The standard InChI is InChI=1S/C27H39N3O3/c1-3-4-15-29-18-19-32-25-11-6-5-9-23(25)10-7-8-12-27(21-29)13-16-30(17-14-27)26(31)24-20-28-33-22(24)2/h5-6,9,11,20H,3-4,7-8,10,12-19,21H2,1-2H3. The number of likely N-dealkylation sites (tertiary alicyclic amines) is 1. The van der Waals surface area contributed by atoms with Crippen molar-refractivity contribution in [2.75, 3.05) is 39.3 Å². The van der Waals surface area contributed by atoms with Crippen LogP contribution in [0.15, 0.2) is 35.0 Å². The Labute approximate surface area is 198 Å². The number of hydrogen-bond donors (Lipinski definition) is 0. The fraction of sp³-hybridized carbons (Fsp3) is 0.630. The Morgan fingerprint density at radius 3 is 2.70 bits per heavy atom. The normalized spacial score (nSPS) is 19.9. The molecule has 1 aromatic carbocycles. The lowest BCUT2D eigenvalue weighted by Gasteiger charge is -2.45. The van der Waals surface area contributed by atoms with Crippen molar-refractivity contribution in [2.24, 2.45) is 5.41 Å². The quantitative estimate of drug-likeness (QED) is 0.644. The summed E-state index contributed by atoms with van der Waals surface area (Å²) >= 11 is 0. The van der Waals surface area contributed by atoms with Gasteiger partial charge in [-0.2, -0.15) is 0 Å². The number of aryl methyl sites for hydroxylation is 2. The van der Waals surface area contributed by atoms with Crippen LogP contribution in [0.2, 0.25) is 0 Å². The minimum atomic E-state index is 0.0598. The summed E-state index contributed by atoms with van der Waals surface area (Å²) in [6, 6.07) is 8.52. The van der Waals surface area contributed by atoms with E-state index in [0.717, 1.165) is 64.3 Å². The number of ether oxygens (including phenoxy) is 1. The second-order valence-electron chi connectivity index (χ2n) is 9.88. The lowest BCUT2D eigenvalue weighted by atomic mass is 9.73. The zero-order chi connectivity index (χ0) is 23.1. The van der Waals surface area contributed by atoms with Crippen molar-refractivity contribution in [3.63, 3.8) is 0 Å². The molecule has 0 aliphatic carbocycles. The molecule has 2 aliphatic heterocycles. The summed E-state index contributed by atoms with van der Waals surface area (Å²) in [5, 5.41) is 3.79. The summed E-state index contributed by atoms with van der Waals surface area (Å²) in [7, 11) is 0. The molecule has 6 heteroatoms. The van der Waals surface area contributed by atoms with Gasteiger partial charge in [-0.15, -0.1) is 0 Å². The molecule has 3 heterocycles. The van der Waals surface area contributed by atoms with Gasteiger partial charge in [0.15, 0.2) is 0 Å².